The number of amides is 1. The molecule has 1 unspecified atom stereocenters. The van der Waals surface area contributed by atoms with E-state index in [-0.39, 0.29) is 63.2 Å². The first-order chi connectivity index (χ1) is 18.2. The van der Waals surface area contributed by atoms with Gasteiger partial charge in [-0.25, -0.2) is 15.1 Å². The van der Waals surface area contributed by atoms with Crippen molar-refractivity contribution in [1.29, 1.82) is 0 Å². The van der Waals surface area contributed by atoms with E-state index in [0.29, 0.717) is 6.20 Å². The fraction of sp³-hybridized carbons (Fsp3) is 0.522. The van der Waals surface area contributed by atoms with Crippen molar-refractivity contribution in [2.24, 2.45) is 9.98 Å². The number of fused-ring (bicyclic) bond motifs is 1. The van der Waals surface area contributed by atoms with Gasteiger partial charge >= 0.3 is 12.4 Å². The van der Waals surface area contributed by atoms with Crippen LogP contribution in [0, 0.1) is 0 Å². The highest BCUT2D eigenvalue weighted by Gasteiger charge is 2.36. The lowest BCUT2D eigenvalue weighted by molar-refractivity contribution is -0.138. The van der Waals surface area contributed by atoms with Crippen molar-refractivity contribution in [3.63, 3.8) is 0 Å². The molecule has 0 bridgehead atoms. The number of rotatable bonds is 7. The van der Waals surface area contributed by atoms with E-state index in [0.717, 1.165) is 19.3 Å². The minimum absolute atomic E-state index is 0.0133. The SMILES string of the molecule is C=NC(=N/C=C(\C)C(F)(F)F)N1CCN(C(=O)COCCC(C)n2cc(C(F)(F)F)c3c(=O)[nH]ncc32)CC1. The first-order valence-corrected chi connectivity index (χ1v) is 11.8. The number of aliphatic imine (C=N–C) groups is 2. The number of hydrogen-bond acceptors (Lipinski definition) is 5. The number of hydrogen-bond donors (Lipinski definition) is 1. The summed E-state index contributed by atoms with van der Waals surface area (Å²) in [5, 5.41) is 5.12. The Morgan fingerprint density at radius 1 is 1.21 bits per heavy atom. The third kappa shape index (κ3) is 7.25. The minimum atomic E-state index is -4.72. The lowest BCUT2D eigenvalue weighted by Gasteiger charge is -2.35. The topological polar surface area (TPSA) is 108 Å². The van der Waals surface area contributed by atoms with E-state index in [9.17, 15) is 35.9 Å². The Morgan fingerprint density at radius 2 is 1.85 bits per heavy atom. The van der Waals surface area contributed by atoms with Crippen molar-refractivity contribution >= 4 is 29.5 Å². The Hall–Kier alpha value is -3.69. The number of nitrogens with one attached hydrogen (secondary N) is 1. The summed E-state index contributed by atoms with van der Waals surface area (Å²) in [5.74, 6) is -0.305. The van der Waals surface area contributed by atoms with Gasteiger partial charge in [-0.05, 0) is 27.0 Å². The molecule has 0 aliphatic carbocycles. The Balaban J connectivity index is 1.51. The fourth-order valence-corrected chi connectivity index (χ4v) is 3.95. The maximum Gasteiger partial charge on any atom is 0.418 e. The number of H-pyrrole nitrogens is 1. The second kappa shape index (κ2) is 12.0. The standard InChI is InChI=1S/C23H27F6N7O3/c1-14(22(24,25)26)10-31-21(30-3)35-7-5-34(6-8-35)18(37)13-39-9-4-15(2)36-12-16(23(27,28)29)19-17(36)11-32-33-20(19)38/h10-12,15H,3-9,13H2,1-2H3,(H,33,38)/b14-10+,31-21?. The minimum Gasteiger partial charge on any atom is -0.372 e. The molecule has 3 rings (SSSR count). The molecule has 1 atom stereocenters. The van der Waals surface area contributed by atoms with E-state index < -0.39 is 40.5 Å². The molecule has 39 heavy (non-hydrogen) atoms. The van der Waals surface area contributed by atoms with Crippen molar-refractivity contribution < 1.29 is 35.9 Å². The zero-order valence-electron chi connectivity index (χ0n) is 21.1. The third-order valence-electron chi connectivity index (χ3n) is 6.22. The number of carbonyl (C=O) groups excluding carboxylic acids is 1. The molecule has 10 nitrogen and oxygen atoms in total. The van der Waals surface area contributed by atoms with Crippen molar-refractivity contribution in [2.75, 3.05) is 39.4 Å². The van der Waals surface area contributed by atoms with Crippen molar-refractivity contribution in [2.45, 2.75) is 38.7 Å². The molecule has 3 heterocycles. The summed E-state index contributed by atoms with van der Waals surface area (Å²) in [6, 6.07) is -0.495. The Kier molecular flexibility index (Phi) is 9.19. The van der Waals surface area contributed by atoms with Gasteiger partial charge in [-0.1, -0.05) is 0 Å². The number of piperazine rings is 1. The monoisotopic (exact) mass is 563 g/mol. The average molecular weight is 564 g/mol. The van der Waals surface area contributed by atoms with Crippen LogP contribution in [0.15, 0.2) is 38.9 Å². The van der Waals surface area contributed by atoms with Crippen LogP contribution >= 0.6 is 0 Å². The third-order valence-corrected chi connectivity index (χ3v) is 6.22. The molecule has 1 aliphatic heterocycles. The number of guanidine groups is 1. The largest absolute Gasteiger partial charge is 0.418 e. The lowest BCUT2D eigenvalue weighted by atomic mass is 10.2. The van der Waals surface area contributed by atoms with Gasteiger partial charge in [-0.15, -0.1) is 0 Å². The van der Waals surface area contributed by atoms with Crippen LogP contribution in [0.1, 0.15) is 31.9 Å². The number of allylic oxidation sites excluding steroid dienone is 1. The number of halogens is 6. The molecule has 0 aromatic carbocycles. The van der Waals surface area contributed by atoms with Gasteiger partial charge in [0.2, 0.25) is 11.9 Å². The van der Waals surface area contributed by atoms with Crippen LogP contribution in [0.25, 0.3) is 10.9 Å². The Bertz CT molecular complexity index is 1300. The molecule has 1 N–H and O–H groups in total. The van der Waals surface area contributed by atoms with E-state index in [1.54, 1.807) is 11.8 Å². The van der Waals surface area contributed by atoms with Crippen LogP contribution in [0.2, 0.25) is 0 Å². The van der Waals surface area contributed by atoms with Crippen LogP contribution in [0.5, 0.6) is 0 Å². The predicted octanol–water partition coefficient (Wildman–Crippen LogP) is 3.38. The van der Waals surface area contributed by atoms with Gasteiger partial charge < -0.3 is 19.1 Å². The molecule has 2 aromatic heterocycles. The quantitative estimate of drug-likeness (QED) is 0.241. The van der Waals surface area contributed by atoms with Crippen molar-refractivity contribution in [1.82, 2.24) is 24.6 Å². The lowest BCUT2D eigenvalue weighted by Crippen LogP contribution is -2.51. The second-order valence-electron chi connectivity index (χ2n) is 8.86. The molecule has 1 fully saturated rings. The maximum atomic E-state index is 13.4. The van der Waals surface area contributed by atoms with Crippen LogP contribution in [-0.4, -0.2) is 88.7 Å². The van der Waals surface area contributed by atoms with E-state index in [1.165, 1.54) is 9.47 Å². The van der Waals surface area contributed by atoms with Gasteiger partial charge in [0, 0.05) is 56.8 Å². The molecule has 0 saturated carbocycles. The first-order valence-electron chi connectivity index (χ1n) is 11.8. The van der Waals surface area contributed by atoms with Crippen LogP contribution in [0.4, 0.5) is 26.3 Å². The molecule has 1 amide bonds. The average Bonchev–Trinajstić information content (AvgIpc) is 3.28. The van der Waals surface area contributed by atoms with E-state index >= 15 is 0 Å². The number of nitrogens with zero attached hydrogens (tertiary/aromatic N) is 6. The van der Waals surface area contributed by atoms with Crippen molar-refractivity contribution in [3.05, 3.63) is 40.1 Å². The molecular weight excluding hydrogens is 536 g/mol. The van der Waals surface area contributed by atoms with Gasteiger partial charge in [0.05, 0.1) is 22.7 Å². The number of aromatic amines is 1. The number of ether oxygens (including phenoxy) is 1. The van der Waals surface area contributed by atoms with E-state index in [4.69, 9.17) is 4.74 Å². The summed E-state index contributed by atoms with van der Waals surface area (Å²) >= 11 is 0. The van der Waals surface area contributed by atoms with Gasteiger partial charge in [-0.2, -0.15) is 31.4 Å². The highest BCUT2D eigenvalue weighted by Crippen LogP contribution is 2.35. The van der Waals surface area contributed by atoms with Gasteiger partial charge in [0.1, 0.15) is 6.61 Å². The number of alkyl halides is 6. The normalized spacial score (nSPS) is 16.6. The van der Waals surface area contributed by atoms with Crippen molar-refractivity contribution in [3.8, 4) is 0 Å². The molecule has 16 heteroatoms. The zero-order chi connectivity index (χ0) is 29.0. The predicted molar refractivity (Wildman–Crippen MR) is 130 cm³/mol. The summed E-state index contributed by atoms with van der Waals surface area (Å²) in [6.45, 7) is 6.74. The van der Waals surface area contributed by atoms with E-state index in [1.807, 2.05) is 5.10 Å². The first kappa shape index (κ1) is 29.9. The van der Waals surface area contributed by atoms with E-state index in [2.05, 4.69) is 21.8 Å². The summed E-state index contributed by atoms with van der Waals surface area (Å²) in [6.07, 6.45) is -6.28. The smallest absolute Gasteiger partial charge is 0.372 e. The van der Waals surface area contributed by atoms with Gasteiger partial charge in [0.15, 0.2) is 0 Å². The molecule has 214 valence electrons. The Labute approximate surface area is 218 Å². The number of carbonyl (C=O) groups is 1. The zero-order valence-corrected chi connectivity index (χ0v) is 21.1. The molecule has 2 aromatic rings. The van der Waals surface area contributed by atoms with Gasteiger partial charge in [0.25, 0.3) is 5.56 Å². The summed E-state index contributed by atoms with van der Waals surface area (Å²) < 4.78 is 85.0. The second-order valence-corrected chi connectivity index (χ2v) is 8.86. The van der Waals surface area contributed by atoms with Crippen LogP contribution in [0.3, 0.4) is 0 Å². The molecular formula is C23H27F6N7O3. The summed E-state index contributed by atoms with van der Waals surface area (Å²) in [7, 11) is 0. The molecule has 0 radical (unpaired) electrons. The number of aromatic nitrogens is 3. The van der Waals surface area contributed by atoms with Crippen LogP contribution < -0.4 is 5.56 Å². The fourth-order valence-electron chi connectivity index (χ4n) is 3.95. The Morgan fingerprint density at radius 3 is 2.44 bits per heavy atom. The van der Waals surface area contributed by atoms with Gasteiger partial charge in [-0.3, -0.25) is 9.59 Å². The molecule has 1 aliphatic rings. The summed E-state index contributed by atoms with van der Waals surface area (Å²) in [4.78, 5) is 35.1. The highest BCUT2D eigenvalue weighted by molar-refractivity contribution is 5.85. The molecule has 1 saturated heterocycles. The molecule has 0 spiro atoms. The van der Waals surface area contributed by atoms with Crippen LogP contribution in [-0.2, 0) is 15.7 Å². The highest BCUT2D eigenvalue weighted by atomic mass is 19.4. The maximum absolute atomic E-state index is 13.4. The summed E-state index contributed by atoms with van der Waals surface area (Å²) in [5.41, 5.74) is -2.86.